The highest BCUT2D eigenvalue weighted by molar-refractivity contribution is 7.08. The number of carbonyl (C=O) groups excluding carboxylic acids is 2. The zero-order valence-corrected chi connectivity index (χ0v) is 18.3. The normalized spacial score (nSPS) is 21.2. The van der Waals surface area contributed by atoms with Gasteiger partial charge in [0.2, 0.25) is 5.91 Å². The Kier molecular flexibility index (Phi) is 7.08. The first-order valence-electron chi connectivity index (χ1n) is 9.82. The number of rotatable bonds is 2. The number of nitrogens with zero attached hydrogens (tertiary/aromatic N) is 3. The molecule has 33 heavy (non-hydrogen) atoms. The minimum atomic E-state index is -5.08. The van der Waals surface area contributed by atoms with Gasteiger partial charge in [0, 0.05) is 30.7 Å². The largest absolute Gasteiger partial charge is 0.490 e. The number of aliphatic carboxylic acids is 1. The van der Waals surface area contributed by atoms with Crippen molar-refractivity contribution in [2.45, 2.75) is 18.1 Å². The van der Waals surface area contributed by atoms with Gasteiger partial charge in [0.25, 0.3) is 5.91 Å². The van der Waals surface area contributed by atoms with Crippen molar-refractivity contribution in [1.29, 1.82) is 0 Å². The smallest absolute Gasteiger partial charge is 0.475 e. The van der Waals surface area contributed by atoms with Crippen LogP contribution < -0.4 is 4.90 Å². The van der Waals surface area contributed by atoms with E-state index in [1.54, 1.807) is 17.0 Å². The molecule has 0 bridgehead atoms. The maximum atomic E-state index is 13.6. The number of hydrogen-bond acceptors (Lipinski definition) is 5. The van der Waals surface area contributed by atoms with Gasteiger partial charge in [-0.05, 0) is 43.1 Å². The van der Waals surface area contributed by atoms with Crippen LogP contribution in [0.4, 0.5) is 23.2 Å². The van der Waals surface area contributed by atoms with Crippen molar-refractivity contribution < 1.29 is 37.1 Å². The average molecular weight is 487 g/mol. The molecule has 0 saturated carbocycles. The Morgan fingerprint density at radius 3 is 2.45 bits per heavy atom. The first-order valence-corrected chi connectivity index (χ1v) is 10.8. The van der Waals surface area contributed by atoms with Gasteiger partial charge in [0.1, 0.15) is 5.82 Å². The van der Waals surface area contributed by atoms with E-state index in [0.717, 1.165) is 6.42 Å². The van der Waals surface area contributed by atoms with Crippen LogP contribution in [0, 0.1) is 5.82 Å². The molecule has 1 unspecified atom stereocenters. The van der Waals surface area contributed by atoms with E-state index >= 15 is 0 Å². The molecular formula is C21H21F4N3O4S. The van der Waals surface area contributed by atoms with E-state index in [1.165, 1.54) is 23.5 Å². The van der Waals surface area contributed by atoms with Gasteiger partial charge in [0.05, 0.1) is 17.6 Å². The maximum absolute atomic E-state index is 13.6. The molecule has 0 aliphatic carbocycles. The van der Waals surface area contributed by atoms with Crippen LogP contribution in [-0.2, 0) is 9.59 Å². The van der Waals surface area contributed by atoms with Gasteiger partial charge in [-0.25, -0.2) is 9.18 Å². The predicted molar refractivity (Wildman–Crippen MR) is 113 cm³/mol. The number of likely N-dealkylation sites (N-methyl/N-ethyl adjacent to an activating group) is 1. The lowest BCUT2D eigenvalue weighted by atomic mass is 9.92. The number of carbonyl (C=O) groups is 3. The molecular weight excluding hydrogens is 466 g/mol. The second kappa shape index (κ2) is 9.48. The fraction of sp³-hybridized carbons (Fsp3) is 0.381. The highest BCUT2D eigenvalue weighted by Crippen LogP contribution is 2.34. The number of likely N-dealkylation sites (tertiary alicyclic amines) is 1. The molecule has 3 heterocycles. The third-order valence-electron chi connectivity index (χ3n) is 5.69. The van der Waals surface area contributed by atoms with E-state index in [1.807, 2.05) is 33.7 Å². The SMILES string of the molecule is CN1CC(=O)N(c2cccc(F)c2)CC12CCN(C(=O)c1ccsc1)C2.O=C(O)C(F)(F)F. The summed E-state index contributed by atoms with van der Waals surface area (Å²) in [4.78, 5) is 39.7. The van der Waals surface area contributed by atoms with Gasteiger partial charge < -0.3 is 14.9 Å². The molecule has 12 heteroatoms. The fourth-order valence-corrected chi connectivity index (χ4v) is 4.51. The van der Waals surface area contributed by atoms with Gasteiger partial charge in [-0.15, -0.1) is 0 Å². The number of piperazine rings is 1. The number of halogens is 4. The zero-order chi connectivity index (χ0) is 24.4. The molecule has 1 aromatic heterocycles. The summed E-state index contributed by atoms with van der Waals surface area (Å²) in [6, 6.07) is 7.97. The lowest BCUT2D eigenvalue weighted by Gasteiger charge is -2.46. The molecule has 2 amide bonds. The Hall–Kier alpha value is -2.99. The van der Waals surface area contributed by atoms with Gasteiger partial charge in [-0.3, -0.25) is 14.5 Å². The summed E-state index contributed by atoms with van der Waals surface area (Å²) < 4.78 is 45.4. The minimum absolute atomic E-state index is 0.0331. The predicted octanol–water partition coefficient (Wildman–Crippen LogP) is 3.08. The van der Waals surface area contributed by atoms with Gasteiger partial charge in [0.15, 0.2) is 0 Å². The van der Waals surface area contributed by atoms with Crippen LogP contribution in [0.25, 0.3) is 0 Å². The quantitative estimate of drug-likeness (QED) is 0.659. The van der Waals surface area contributed by atoms with Crippen molar-refractivity contribution in [3.8, 4) is 0 Å². The molecule has 0 radical (unpaired) electrons. The standard InChI is InChI=1S/C19H20FN3O2S.C2HF3O2/c1-21-10-17(24)23(16-4-2-3-15(20)9-16)13-19(21)6-7-22(12-19)18(25)14-5-8-26-11-14;3-2(4,5)1(6)7/h2-5,8-9,11H,6-7,10,12-13H2,1H3;(H,6,7). The van der Waals surface area contributed by atoms with E-state index in [9.17, 15) is 27.2 Å². The Morgan fingerprint density at radius 2 is 1.88 bits per heavy atom. The average Bonchev–Trinajstić information content (AvgIpc) is 3.41. The van der Waals surface area contributed by atoms with E-state index < -0.39 is 12.1 Å². The first kappa shape index (κ1) is 24.6. The molecule has 178 valence electrons. The molecule has 1 spiro atoms. The summed E-state index contributed by atoms with van der Waals surface area (Å²) in [5, 5.41) is 10.9. The van der Waals surface area contributed by atoms with Crippen LogP contribution in [0.15, 0.2) is 41.1 Å². The van der Waals surface area contributed by atoms with Crippen LogP contribution in [0.5, 0.6) is 0 Å². The summed E-state index contributed by atoms with van der Waals surface area (Å²) in [7, 11) is 1.93. The third-order valence-corrected chi connectivity index (χ3v) is 6.37. The number of thiophene rings is 1. The summed E-state index contributed by atoms with van der Waals surface area (Å²) in [6.07, 6.45) is -4.29. The first-order chi connectivity index (χ1) is 15.4. The monoisotopic (exact) mass is 487 g/mol. The van der Waals surface area contributed by atoms with Gasteiger partial charge >= 0.3 is 12.1 Å². The Labute approximate surface area is 190 Å². The van der Waals surface area contributed by atoms with Crippen molar-refractivity contribution in [3.05, 3.63) is 52.5 Å². The Morgan fingerprint density at radius 1 is 1.18 bits per heavy atom. The molecule has 2 aliphatic rings. The minimum Gasteiger partial charge on any atom is -0.475 e. The fourth-order valence-electron chi connectivity index (χ4n) is 3.88. The van der Waals surface area contributed by atoms with E-state index in [4.69, 9.17) is 9.90 Å². The lowest BCUT2D eigenvalue weighted by molar-refractivity contribution is -0.192. The van der Waals surface area contributed by atoms with Crippen molar-refractivity contribution in [1.82, 2.24) is 9.80 Å². The van der Waals surface area contributed by atoms with Crippen molar-refractivity contribution in [3.63, 3.8) is 0 Å². The Balaban J connectivity index is 0.000000383. The zero-order valence-electron chi connectivity index (χ0n) is 17.5. The summed E-state index contributed by atoms with van der Waals surface area (Å²) in [5.74, 6) is -3.13. The Bertz CT molecular complexity index is 1030. The maximum Gasteiger partial charge on any atom is 0.490 e. The molecule has 1 atom stereocenters. The molecule has 4 rings (SSSR count). The number of carboxylic acids is 1. The molecule has 2 aromatic rings. The highest BCUT2D eigenvalue weighted by atomic mass is 32.1. The molecule has 1 N–H and O–H groups in total. The molecule has 2 saturated heterocycles. The second-order valence-electron chi connectivity index (χ2n) is 7.83. The molecule has 7 nitrogen and oxygen atoms in total. The van der Waals surface area contributed by atoms with Crippen molar-refractivity contribution in [2.75, 3.05) is 38.1 Å². The topological polar surface area (TPSA) is 81.2 Å². The van der Waals surface area contributed by atoms with Gasteiger partial charge in [-0.2, -0.15) is 24.5 Å². The van der Waals surface area contributed by atoms with E-state index in [-0.39, 0.29) is 29.7 Å². The van der Waals surface area contributed by atoms with Crippen LogP contribution in [0.2, 0.25) is 0 Å². The van der Waals surface area contributed by atoms with Crippen LogP contribution in [0.1, 0.15) is 16.8 Å². The molecule has 2 aliphatic heterocycles. The number of carboxylic acid groups (broad SMARTS) is 1. The van der Waals surface area contributed by atoms with Crippen LogP contribution >= 0.6 is 11.3 Å². The van der Waals surface area contributed by atoms with Crippen LogP contribution in [0.3, 0.4) is 0 Å². The second-order valence-corrected chi connectivity index (χ2v) is 8.61. The third kappa shape index (κ3) is 5.50. The number of alkyl halides is 3. The molecule has 1 aromatic carbocycles. The highest BCUT2D eigenvalue weighted by Gasteiger charge is 2.48. The van der Waals surface area contributed by atoms with E-state index in [2.05, 4.69) is 0 Å². The summed E-state index contributed by atoms with van der Waals surface area (Å²) in [6.45, 7) is 1.94. The van der Waals surface area contributed by atoms with E-state index in [0.29, 0.717) is 30.9 Å². The number of amides is 2. The van der Waals surface area contributed by atoms with Crippen molar-refractivity contribution in [2.24, 2.45) is 0 Å². The van der Waals surface area contributed by atoms with Gasteiger partial charge in [-0.1, -0.05) is 6.07 Å². The number of hydrogen-bond donors (Lipinski definition) is 1. The van der Waals surface area contributed by atoms with Crippen molar-refractivity contribution >= 4 is 34.8 Å². The molecule has 2 fully saturated rings. The van der Waals surface area contributed by atoms with Crippen LogP contribution in [-0.4, -0.2) is 77.6 Å². The summed E-state index contributed by atoms with van der Waals surface area (Å²) in [5.41, 5.74) is 0.986. The summed E-state index contributed by atoms with van der Waals surface area (Å²) >= 11 is 1.51. The number of anilines is 1. The lowest BCUT2D eigenvalue weighted by Crippen LogP contribution is -2.64. The number of benzene rings is 1.